The van der Waals surface area contributed by atoms with Crippen molar-refractivity contribution >= 4 is 5.91 Å². The molecule has 0 aliphatic carbocycles. The minimum absolute atomic E-state index is 0.0461. The molecule has 1 amide bonds. The summed E-state index contributed by atoms with van der Waals surface area (Å²) in [5.41, 5.74) is 1.91. The van der Waals surface area contributed by atoms with Crippen molar-refractivity contribution in [2.75, 3.05) is 13.1 Å². The Morgan fingerprint density at radius 1 is 1.18 bits per heavy atom. The number of halogens is 2. The lowest BCUT2D eigenvalue weighted by Crippen LogP contribution is -2.53. The van der Waals surface area contributed by atoms with E-state index >= 15 is 0 Å². The number of likely N-dealkylation sites (tertiary alicyclic amines) is 1. The van der Waals surface area contributed by atoms with Crippen molar-refractivity contribution in [1.29, 1.82) is 0 Å². The number of fused-ring (bicyclic) bond motifs is 1. The van der Waals surface area contributed by atoms with E-state index in [0.717, 1.165) is 30.2 Å². The van der Waals surface area contributed by atoms with Gasteiger partial charge in [-0.3, -0.25) is 14.5 Å². The average Bonchev–Trinajstić information content (AvgIpc) is 2.66. The summed E-state index contributed by atoms with van der Waals surface area (Å²) >= 11 is 0. The summed E-state index contributed by atoms with van der Waals surface area (Å²) in [5.74, 6) is -1.31. The van der Waals surface area contributed by atoms with Crippen LogP contribution in [0, 0.1) is 11.6 Å². The first-order chi connectivity index (χ1) is 13.4. The summed E-state index contributed by atoms with van der Waals surface area (Å²) in [6.45, 7) is 1.88. The highest BCUT2D eigenvalue weighted by molar-refractivity contribution is 5.82. The van der Waals surface area contributed by atoms with Gasteiger partial charge in [0.15, 0.2) is 0 Å². The van der Waals surface area contributed by atoms with E-state index in [1.807, 2.05) is 0 Å². The van der Waals surface area contributed by atoms with Gasteiger partial charge in [-0.1, -0.05) is 6.07 Å². The number of hydrogen-bond acceptors (Lipinski definition) is 4. The van der Waals surface area contributed by atoms with Crippen molar-refractivity contribution in [3.05, 3.63) is 63.1 Å². The minimum atomic E-state index is -0.635. The molecule has 1 atom stereocenters. The van der Waals surface area contributed by atoms with Gasteiger partial charge in [0.1, 0.15) is 11.6 Å². The maximum Gasteiger partial charge on any atom is 0.266 e. The van der Waals surface area contributed by atoms with Gasteiger partial charge in [-0.25, -0.2) is 13.5 Å². The Bertz CT molecular complexity index is 975. The molecule has 0 spiro atoms. The van der Waals surface area contributed by atoms with Crippen LogP contribution < -0.4 is 5.56 Å². The van der Waals surface area contributed by atoms with Gasteiger partial charge in [0.2, 0.25) is 5.91 Å². The Kier molecular flexibility index (Phi) is 4.97. The monoisotopic (exact) mass is 388 g/mol. The van der Waals surface area contributed by atoms with Gasteiger partial charge in [0, 0.05) is 57.3 Å². The van der Waals surface area contributed by atoms with E-state index in [2.05, 4.69) is 10.00 Å². The van der Waals surface area contributed by atoms with E-state index in [4.69, 9.17) is 0 Å². The van der Waals surface area contributed by atoms with Crippen molar-refractivity contribution < 1.29 is 13.6 Å². The van der Waals surface area contributed by atoms with Gasteiger partial charge < -0.3 is 4.90 Å². The van der Waals surface area contributed by atoms with Crippen molar-refractivity contribution in [3.8, 4) is 0 Å². The zero-order chi connectivity index (χ0) is 19.8. The predicted molar refractivity (Wildman–Crippen MR) is 98.4 cm³/mol. The van der Waals surface area contributed by atoms with Gasteiger partial charge >= 0.3 is 0 Å². The molecule has 3 heterocycles. The van der Waals surface area contributed by atoms with E-state index in [1.54, 1.807) is 18.0 Å². The third kappa shape index (κ3) is 3.56. The zero-order valence-electron chi connectivity index (χ0n) is 15.7. The molecule has 0 bridgehead atoms. The van der Waals surface area contributed by atoms with E-state index in [9.17, 15) is 18.4 Å². The van der Waals surface area contributed by atoms with Crippen molar-refractivity contribution in [2.45, 2.75) is 38.4 Å². The summed E-state index contributed by atoms with van der Waals surface area (Å²) in [6, 6.07) is 4.73. The third-order valence-corrected chi connectivity index (χ3v) is 5.59. The molecule has 2 aliphatic heterocycles. The van der Waals surface area contributed by atoms with Gasteiger partial charge in [-0.2, -0.15) is 5.10 Å². The number of aromatic nitrogens is 2. The molecule has 0 radical (unpaired) electrons. The second-order valence-corrected chi connectivity index (χ2v) is 7.45. The molecule has 4 rings (SSSR count). The SMILES string of the molecule is Cn1nc2c(cc1=O)CN(C1CCCN(Cc3ccc(F)cc3F)C1=O)CC2. The van der Waals surface area contributed by atoms with E-state index < -0.39 is 11.6 Å². The highest BCUT2D eigenvalue weighted by Gasteiger charge is 2.35. The first kappa shape index (κ1) is 18.7. The summed E-state index contributed by atoms with van der Waals surface area (Å²) in [5, 5.41) is 4.31. The maximum atomic E-state index is 14.0. The van der Waals surface area contributed by atoms with Gasteiger partial charge in [-0.15, -0.1) is 0 Å². The van der Waals surface area contributed by atoms with Crippen LogP contribution in [0.25, 0.3) is 0 Å². The summed E-state index contributed by atoms with van der Waals surface area (Å²) in [6.07, 6.45) is 2.23. The molecule has 8 heteroatoms. The van der Waals surface area contributed by atoms with Crippen LogP contribution in [0.1, 0.15) is 29.7 Å². The lowest BCUT2D eigenvalue weighted by atomic mass is 9.98. The standard InChI is InChI=1S/C20H22F2N4O2/c1-24-19(27)9-14-12-25(8-6-17(14)23-24)18-3-2-7-26(20(18)28)11-13-4-5-15(21)10-16(13)22/h4-5,9-10,18H,2-3,6-8,11-12H2,1H3. The second kappa shape index (κ2) is 7.43. The van der Waals surface area contributed by atoms with Crippen LogP contribution in [0.15, 0.2) is 29.1 Å². The molecule has 28 heavy (non-hydrogen) atoms. The highest BCUT2D eigenvalue weighted by atomic mass is 19.1. The van der Waals surface area contributed by atoms with E-state index in [0.29, 0.717) is 31.6 Å². The summed E-state index contributed by atoms with van der Waals surface area (Å²) in [7, 11) is 1.63. The number of carbonyl (C=O) groups excluding carboxylic acids is 1. The van der Waals surface area contributed by atoms with Gasteiger partial charge in [0.05, 0.1) is 11.7 Å². The van der Waals surface area contributed by atoms with Crippen LogP contribution in [0.3, 0.4) is 0 Å². The molecule has 148 valence electrons. The second-order valence-electron chi connectivity index (χ2n) is 7.45. The summed E-state index contributed by atoms with van der Waals surface area (Å²) < 4.78 is 28.5. The number of hydrogen-bond donors (Lipinski definition) is 0. The molecule has 2 aliphatic rings. The predicted octanol–water partition coefficient (Wildman–Crippen LogP) is 1.61. The molecule has 2 aromatic rings. The molecule has 0 saturated carbocycles. The molecule has 0 N–H and O–H groups in total. The fourth-order valence-electron chi connectivity index (χ4n) is 4.05. The molecule has 1 unspecified atom stereocenters. The van der Waals surface area contributed by atoms with Crippen LogP contribution >= 0.6 is 0 Å². The van der Waals surface area contributed by atoms with Gasteiger partial charge in [0.25, 0.3) is 5.56 Å². The van der Waals surface area contributed by atoms with Crippen LogP contribution in [0.5, 0.6) is 0 Å². The molecule has 1 aromatic carbocycles. The molecule has 6 nitrogen and oxygen atoms in total. The van der Waals surface area contributed by atoms with Crippen LogP contribution in [-0.2, 0) is 31.4 Å². The van der Waals surface area contributed by atoms with Crippen molar-refractivity contribution in [2.24, 2.45) is 7.05 Å². The topological polar surface area (TPSA) is 58.4 Å². The van der Waals surface area contributed by atoms with Crippen LogP contribution in [0.2, 0.25) is 0 Å². The Balaban J connectivity index is 1.50. The minimum Gasteiger partial charge on any atom is -0.337 e. The van der Waals surface area contributed by atoms with Crippen molar-refractivity contribution in [1.82, 2.24) is 19.6 Å². The van der Waals surface area contributed by atoms with Crippen LogP contribution in [0.4, 0.5) is 8.78 Å². The summed E-state index contributed by atoms with van der Waals surface area (Å²) in [4.78, 5) is 28.7. The van der Waals surface area contributed by atoms with Crippen molar-refractivity contribution in [3.63, 3.8) is 0 Å². The number of carbonyl (C=O) groups is 1. The Hall–Kier alpha value is -2.61. The third-order valence-electron chi connectivity index (χ3n) is 5.59. The highest BCUT2D eigenvalue weighted by Crippen LogP contribution is 2.25. The average molecular weight is 388 g/mol. The van der Waals surface area contributed by atoms with E-state index in [1.165, 1.54) is 16.8 Å². The Morgan fingerprint density at radius 2 is 2.00 bits per heavy atom. The molecular formula is C20H22F2N4O2. The quantitative estimate of drug-likeness (QED) is 0.802. The number of aryl methyl sites for hydroxylation is 1. The smallest absolute Gasteiger partial charge is 0.266 e. The number of amides is 1. The first-order valence-corrected chi connectivity index (χ1v) is 9.45. The first-order valence-electron chi connectivity index (χ1n) is 9.45. The number of benzene rings is 1. The van der Waals surface area contributed by atoms with E-state index in [-0.39, 0.29) is 24.1 Å². The van der Waals surface area contributed by atoms with Gasteiger partial charge in [-0.05, 0) is 24.5 Å². The Labute approximate surface area is 161 Å². The molecule has 1 saturated heterocycles. The Morgan fingerprint density at radius 3 is 2.79 bits per heavy atom. The fraction of sp³-hybridized carbons (Fsp3) is 0.450. The molecular weight excluding hydrogens is 366 g/mol. The molecule has 1 aromatic heterocycles. The maximum absolute atomic E-state index is 14.0. The van der Waals surface area contributed by atoms with Crippen LogP contribution in [-0.4, -0.2) is 44.6 Å². The number of nitrogens with zero attached hydrogens (tertiary/aromatic N) is 4. The fourth-order valence-corrected chi connectivity index (χ4v) is 4.05. The normalized spacial score (nSPS) is 20.3. The lowest BCUT2D eigenvalue weighted by Gasteiger charge is -2.40. The number of rotatable bonds is 3. The zero-order valence-corrected chi connectivity index (χ0v) is 15.7. The largest absolute Gasteiger partial charge is 0.337 e. The number of piperidine rings is 1. The molecule has 1 fully saturated rings. The lowest BCUT2D eigenvalue weighted by molar-refractivity contribution is -0.141.